The molecule has 0 bridgehead atoms. The molecule has 1 atom stereocenters. The molecule has 0 radical (unpaired) electrons. The van der Waals surface area contributed by atoms with Gasteiger partial charge in [-0.05, 0) is 31.4 Å². The molecule has 1 unspecified atom stereocenters. The number of aromatic amines is 1. The maximum atomic E-state index is 10.3. The molecule has 2 rings (SSSR count). The summed E-state index contributed by atoms with van der Waals surface area (Å²) in [5.41, 5.74) is 1.45. The normalized spacial score (nSPS) is 15.4. The third-order valence-corrected chi connectivity index (χ3v) is 2.90. The summed E-state index contributed by atoms with van der Waals surface area (Å²) in [6.45, 7) is 6.16. The average molecular weight is 232 g/mol. The van der Waals surface area contributed by atoms with Crippen molar-refractivity contribution in [3.05, 3.63) is 30.2 Å². The number of hydrogen-bond donors (Lipinski definition) is 2. The van der Waals surface area contributed by atoms with Gasteiger partial charge in [0.1, 0.15) is 0 Å². The summed E-state index contributed by atoms with van der Waals surface area (Å²) in [4.78, 5) is 7.38. The minimum Gasteiger partial charge on any atom is -0.390 e. The standard InChI is InChI=1S/C14H20N2O/c1-10(2)7-14(3,17)8-12-6-11-4-5-15-9-13(11)16-12/h4-6,9-10,16-17H,7-8H2,1-3H3. The molecule has 3 nitrogen and oxygen atoms in total. The highest BCUT2D eigenvalue weighted by Gasteiger charge is 2.23. The van der Waals surface area contributed by atoms with Gasteiger partial charge < -0.3 is 10.1 Å². The second-order valence-corrected chi connectivity index (χ2v) is 5.53. The Labute approximate surface area is 102 Å². The fraction of sp³-hybridized carbons (Fsp3) is 0.500. The van der Waals surface area contributed by atoms with Crippen molar-refractivity contribution < 1.29 is 5.11 Å². The van der Waals surface area contributed by atoms with Gasteiger partial charge in [-0.15, -0.1) is 0 Å². The smallest absolute Gasteiger partial charge is 0.0676 e. The van der Waals surface area contributed by atoms with Crippen LogP contribution in [0.1, 0.15) is 32.9 Å². The number of nitrogens with zero attached hydrogens (tertiary/aromatic N) is 1. The molecule has 0 amide bonds. The van der Waals surface area contributed by atoms with Gasteiger partial charge in [0.25, 0.3) is 0 Å². The van der Waals surface area contributed by atoms with Gasteiger partial charge in [0.15, 0.2) is 0 Å². The van der Waals surface area contributed by atoms with Gasteiger partial charge in [0, 0.05) is 23.7 Å². The molecule has 0 fully saturated rings. The summed E-state index contributed by atoms with van der Waals surface area (Å²) in [6, 6.07) is 4.07. The van der Waals surface area contributed by atoms with E-state index in [0.717, 1.165) is 23.0 Å². The van der Waals surface area contributed by atoms with Crippen LogP contribution in [0.25, 0.3) is 10.9 Å². The minimum atomic E-state index is -0.650. The molecule has 92 valence electrons. The first-order chi connectivity index (χ1) is 7.96. The van der Waals surface area contributed by atoms with E-state index < -0.39 is 5.60 Å². The van der Waals surface area contributed by atoms with Crippen LogP contribution in [0.2, 0.25) is 0 Å². The van der Waals surface area contributed by atoms with Crippen LogP contribution in [0.3, 0.4) is 0 Å². The number of nitrogens with one attached hydrogen (secondary N) is 1. The predicted octanol–water partition coefficient (Wildman–Crippen LogP) is 2.90. The average Bonchev–Trinajstić information content (AvgIpc) is 2.55. The Hall–Kier alpha value is -1.35. The summed E-state index contributed by atoms with van der Waals surface area (Å²) in [6.07, 6.45) is 5.06. The number of rotatable bonds is 4. The van der Waals surface area contributed by atoms with Crippen LogP contribution in [-0.2, 0) is 6.42 Å². The molecule has 0 aromatic carbocycles. The highest BCUT2D eigenvalue weighted by molar-refractivity contribution is 5.79. The Balaban J connectivity index is 2.18. The van der Waals surface area contributed by atoms with Crippen LogP contribution in [-0.4, -0.2) is 20.7 Å². The molecule has 0 spiro atoms. The first-order valence-electron chi connectivity index (χ1n) is 6.10. The van der Waals surface area contributed by atoms with Crippen molar-refractivity contribution in [2.75, 3.05) is 0 Å². The highest BCUT2D eigenvalue weighted by Crippen LogP contribution is 2.23. The van der Waals surface area contributed by atoms with Crippen LogP contribution in [0, 0.1) is 5.92 Å². The Bertz CT molecular complexity index is 467. The van der Waals surface area contributed by atoms with E-state index in [9.17, 15) is 5.11 Å². The highest BCUT2D eigenvalue weighted by atomic mass is 16.3. The molecular formula is C14H20N2O. The number of H-pyrrole nitrogens is 1. The minimum absolute atomic E-state index is 0.496. The van der Waals surface area contributed by atoms with Crippen LogP contribution >= 0.6 is 0 Å². The Morgan fingerprint density at radius 2 is 2.24 bits per heavy atom. The van der Waals surface area contributed by atoms with E-state index >= 15 is 0 Å². The fourth-order valence-corrected chi connectivity index (χ4v) is 2.49. The van der Waals surface area contributed by atoms with Gasteiger partial charge in [0.05, 0.1) is 17.3 Å². The molecule has 0 aliphatic heterocycles. The van der Waals surface area contributed by atoms with Gasteiger partial charge in [-0.25, -0.2) is 0 Å². The van der Waals surface area contributed by atoms with Crippen molar-refractivity contribution in [2.45, 2.75) is 39.2 Å². The zero-order valence-electron chi connectivity index (χ0n) is 10.7. The van der Waals surface area contributed by atoms with Crippen molar-refractivity contribution in [1.82, 2.24) is 9.97 Å². The lowest BCUT2D eigenvalue weighted by molar-refractivity contribution is 0.0381. The number of pyridine rings is 1. The molecule has 0 aliphatic rings. The van der Waals surface area contributed by atoms with Crippen LogP contribution in [0.4, 0.5) is 0 Å². The van der Waals surface area contributed by atoms with Crippen molar-refractivity contribution in [3.8, 4) is 0 Å². The molecule has 2 N–H and O–H groups in total. The van der Waals surface area contributed by atoms with Crippen LogP contribution in [0.15, 0.2) is 24.5 Å². The quantitative estimate of drug-likeness (QED) is 0.851. The molecule has 2 aromatic rings. The first kappa shape index (κ1) is 12.1. The summed E-state index contributed by atoms with van der Waals surface area (Å²) >= 11 is 0. The zero-order valence-corrected chi connectivity index (χ0v) is 10.7. The summed E-state index contributed by atoms with van der Waals surface area (Å²) in [5, 5.41) is 11.5. The first-order valence-corrected chi connectivity index (χ1v) is 6.10. The zero-order chi connectivity index (χ0) is 12.5. The largest absolute Gasteiger partial charge is 0.390 e. The molecule has 2 aromatic heterocycles. The Morgan fingerprint density at radius 1 is 1.47 bits per heavy atom. The monoisotopic (exact) mass is 232 g/mol. The lowest BCUT2D eigenvalue weighted by Crippen LogP contribution is -2.29. The van der Waals surface area contributed by atoms with Gasteiger partial charge in [0.2, 0.25) is 0 Å². The lowest BCUT2D eigenvalue weighted by atomic mass is 9.90. The second-order valence-electron chi connectivity index (χ2n) is 5.53. The van der Waals surface area contributed by atoms with Gasteiger partial charge in [-0.3, -0.25) is 4.98 Å². The molecule has 0 aliphatic carbocycles. The van der Waals surface area contributed by atoms with Crippen molar-refractivity contribution in [2.24, 2.45) is 5.92 Å². The summed E-state index contributed by atoms with van der Waals surface area (Å²) in [7, 11) is 0. The van der Waals surface area contributed by atoms with E-state index in [4.69, 9.17) is 0 Å². The van der Waals surface area contributed by atoms with Crippen LogP contribution < -0.4 is 0 Å². The second kappa shape index (κ2) is 4.49. The van der Waals surface area contributed by atoms with E-state index in [1.54, 1.807) is 6.20 Å². The maximum absolute atomic E-state index is 10.3. The van der Waals surface area contributed by atoms with Gasteiger partial charge in [-0.2, -0.15) is 0 Å². The molecule has 0 saturated heterocycles. The fourth-order valence-electron chi connectivity index (χ4n) is 2.49. The predicted molar refractivity (Wildman–Crippen MR) is 69.9 cm³/mol. The van der Waals surface area contributed by atoms with E-state index in [2.05, 4.69) is 29.9 Å². The summed E-state index contributed by atoms with van der Waals surface area (Å²) < 4.78 is 0. The topological polar surface area (TPSA) is 48.9 Å². The number of aromatic nitrogens is 2. The Morgan fingerprint density at radius 3 is 2.88 bits per heavy atom. The third-order valence-electron chi connectivity index (χ3n) is 2.90. The van der Waals surface area contributed by atoms with Crippen molar-refractivity contribution >= 4 is 10.9 Å². The SMILES string of the molecule is CC(C)CC(C)(O)Cc1cc2ccncc2[nH]1. The molecule has 3 heteroatoms. The maximum Gasteiger partial charge on any atom is 0.0676 e. The van der Waals surface area contributed by atoms with Crippen molar-refractivity contribution in [3.63, 3.8) is 0 Å². The molecular weight excluding hydrogens is 212 g/mol. The van der Waals surface area contributed by atoms with Crippen molar-refractivity contribution in [1.29, 1.82) is 0 Å². The molecule has 17 heavy (non-hydrogen) atoms. The summed E-state index contributed by atoms with van der Waals surface area (Å²) in [5.74, 6) is 0.496. The van der Waals surface area contributed by atoms with E-state index in [-0.39, 0.29) is 0 Å². The lowest BCUT2D eigenvalue weighted by Gasteiger charge is -2.24. The number of fused-ring (bicyclic) bond motifs is 1. The number of aliphatic hydroxyl groups is 1. The van der Waals surface area contributed by atoms with E-state index in [1.165, 1.54) is 0 Å². The van der Waals surface area contributed by atoms with E-state index in [1.807, 2.05) is 19.2 Å². The van der Waals surface area contributed by atoms with Gasteiger partial charge in [-0.1, -0.05) is 13.8 Å². The van der Waals surface area contributed by atoms with Crippen LogP contribution in [0.5, 0.6) is 0 Å². The molecule has 2 heterocycles. The van der Waals surface area contributed by atoms with E-state index in [0.29, 0.717) is 12.3 Å². The Kier molecular flexibility index (Phi) is 3.20. The van der Waals surface area contributed by atoms with Gasteiger partial charge >= 0.3 is 0 Å². The number of hydrogen-bond acceptors (Lipinski definition) is 2. The third kappa shape index (κ3) is 3.07. The molecule has 0 saturated carbocycles.